The molecule has 120 valence electrons. The van der Waals surface area contributed by atoms with Crippen molar-refractivity contribution in [1.29, 1.82) is 0 Å². The van der Waals surface area contributed by atoms with Crippen molar-refractivity contribution in [2.75, 3.05) is 13.7 Å². The van der Waals surface area contributed by atoms with Crippen molar-refractivity contribution >= 4 is 0 Å². The maximum atomic E-state index is 5.56. The van der Waals surface area contributed by atoms with Gasteiger partial charge in [0.25, 0.3) is 0 Å². The van der Waals surface area contributed by atoms with Crippen LogP contribution in [0.5, 0.6) is 5.75 Å². The monoisotopic (exact) mass is 301 g/mol. The fourth-order valence-electron chi connectivity index (χ4n) is 2.82. The molecule has 1 aromatic carbocycles. The van der Waals surface area contributed by atoms with Gasteiger partial charge in [0.2, 0.25) is 0 Å². The average Bonchev–Trinajstić information content (AvgIpc) is 3.05. The number of nitrogens with one attached hydrogen (secondary N) is 2. The summed E-state index contributed by atoms with van der Waals surface area (Å²) in [6.45, 7) is 7.69. The number of H-pyrrole nitrogens is 1. The minimum atomic E-state index is 0.0221. The second kappa shape index (κ2) is 7.45. The minimum absolute atomic E-state index is 0.0221. The first-order chi connectivity index (χ1) is 10.6. The van der Waals surface area contributed by atoms with Crippen molar-refractivity contribution in [2.45, 2.75) is 45.1 Å². The lowest BCUT2D eigenvalue weighted by molar-refractivity contribution is 0.338. The van der Waals surface area contributed by atoms with E-state index in [9.17, 15) is 0 Å². The number of aromatic amines is 1. The van der Waals surface area contributed by atoms with Gasteiger partial charge >= 0.3 is 0 Å². The highest BCUT2D eigenvalue weighted by molar-refractivity contribution is 5.39. The topological polar surface area (TPSA) is 49.9 Å². The van der Waals surface area contributed by atoms with E-state index in [0.29, 0.717) is 0 Å². The van der Waals surface area contributed by atoms with Crippen molar-refractivity contribution in [3.8, 4) is 5.75 Å². The Kier molecular flexibility index (Phi) is 5.61. The fourth-order valence-corrected chi connectivity index (χ4v) is 2.82. The molecular formula is C18H27N3O. The minimum Gasteiger partial charge on any atom is -0.496 e. The molecule has 0 aliphatic carbocycles. The Labute approximate surface area is 133 Å². The predicted molar refractivity (Wildman–Crippen MR) is 90.4 cm³/mol. The number of nitrogens with zero attached hydrogens (tertiary/aromatic N) is 1. The van der Waals surface area contributed by atoms with Gasteiger partial charge < -0.3 is 15.0 Å². The standard InChI is InChI=1S/C18H27N3O/c1-5-10-21-18(2,3)13-15(17-19-11-12-20-17)14-8-6-7-9-16(14)22-4/h6-9,11-12,15,21H,5,10,13H2,1-4H3,(H,19,20). The molecular weight excluding hydrogens is 274 g/mol. The molecule has 2 aromatic rings. The van der Waals surface area contributed by atoms with Gasteiger partial charge in [-0.15, -0.1) is 0 Å². The summed E-state index contributed by atoms with van der Waals surface area (Å²) in [5.74, 6) is 2.07. The molecule has 2 N–H and O–H groups in total. The number of aromatic nitrogens is 2. The van der Waals surface area contributed by atoms with Crippen LogP contribution in [-0.2, 0) is 0 Å². The number of hydrogen-bond acceptors (Lipinski definition) is 3. The summed E-state index contributed by atoms with van der Waals surface area (Å²) in [4.78, 5) is 7.77. The Morgan fingerprint density at radius 3 is 2.73 bits per heavy atom. The van der Waals surface area contributed by atoms with E-state index in [4.69, 9.17) is 4.74 Å². The van der Waals surface area contributed by atoms with E-state index >= 15 is 0 Å². The van der Waals surface area contributed by atoms with Gasteiger partial charge in [-0.3, -0.25) is 0 Å². The van der Waals surface area contributed by atoms with Gasteiger partial charge in [0.05, 0.1) is 7.11 Å². The van der Waals surface area contributed by atoms with Gasteiger partial charge in [0.1, 0.15) is 11.6 Å². The van der Waals surface area contributed by atoms with Crippen molar-refractivity contribution in [2.24, 2.45) is 0 Å². The van der Waals surface area contributed by atoms with Gasteiger partial charge in [-0.05, 0) is 39.3 Å². The highest BCUT2D eigenvalue weighted by atomic mass is 16.5. The Morgan fingerprint density at radius 2 is 2.09 bits per heavy atom. The van der Waals surface area contributed by atoms with Gasteiger partial charge in [0, 0.05) is 29.4 Å². The molecule has 0 aliphatic heterocycles. The van der Waals surface area contributed by atoms with Crippen LogP contribution in [0.25, 0.3) is 0 Å². The zero-order valence-corrected chi connectivity index (χ0v) is 14.0. The molecule has 0 fully saturated rings. The summed E-state index contributed by atoms with van der Waals surface area (Å²) < 4.78 is 5.56. The lowest BCUT2D eigenvalue weighted by atomic mass is 9.84. The van der Waals surface area contributed by atoms with Crippen molar-refractivity contribution in [1.82, 2.24) is 15.3 Å². The van der Waals surface area contributed by atoms with Crippen LogP contribution in [0.15, 0.2) is 36.7 Å². The first-order valence-electron chi connectivity index (χ1n) is 7.94. The molecule has 4 heteroatoms. The summed E-state index contributed by atoms with van der Waals surface area (Å²) in [6, 6.07) is 8.20. The van der Waals surface area contributed by atoms with Crippen LogP contribution in [0.1, 0.15) is 50.9 Å². The number of para-hydroxylation sites is 1. The Balaban J connectivity index is 2.32. The zero-order chi connectivity index (χ0) is 16.0. The molecule has 0 amide bonds. The summed E-state index contributed by atoms with van der Waals surface area (Å²) in [5, 5.41) is 3.63. The molecule has 2 rings (SSSR count). The molecule has 22 heavy (non-hydrogen) atoms. The zero-order valence-electron chi connectivity index (χ0n) is 14.0. The van der Waals surface area contributed by atoms with E-state index in [0.717, 1.165) is 31.0 Å². The highest BCUT2D eigenvalue weighted by Crippen LogP contribution is 2.35. The van der Waals surface area contributed by atoms with E-state index in [1.165, 1.54) is 5.56 Å². The lowest BCUT2D eigenvalue weighted by Crippen LogP contribution is -2.41. The third-order valence-corrected chi connectivity index (χ3v) is 3.93. The molecule has 4 nitrogen and oxygen atoms in total. The van der Waals surface area contributed by atoms with Gasteiger partial charge in [-0.2, -0.15) is 0 Å². The summed E-state index contributed by atoms with van der Waals surface area (Å²) in [5.41, 5.74) is 1.19. The molecule has 0 saturated heterocycles. The predicted octanol–water partition coefficient (Wildman–Crippen LogP) is 3.72. The SMILES string of the molecule is CCCNC(C)(C)CC(c1ncc[nH]1)c1ccccc1OC. The number of benzene rings is 1. The quantitative estimate of drug-likeness (QED) is 0.781. The summed E-state index contributed by atoms with van der Waals surface area (Å²) >= 11 is 0. The smallest absolute Gasteiger partial charge is 0.122 e. The summed E-state index contributed by atoms with van der Waals surface area (Å²) in [6.07, 6.45) is 5.76. The van der Waals surface area contributed by atoms with Crippen molar-refractivity contribution in [3.63, 3.8) is 0 Å². The highest BCUT2D eigenvalue weighted by Gasteiger charge is 2.28. The normalized spacial score (nSPS) is 13.1. The van der Waals surface area contributed by atoms with Crippen LogP contribution in [0.2, 0.25) is 0 Å². The van der Waals surface area contributed by atoms with E-state index in [-0.39, 0.29) is 11.5 Å². The number of rotatable bonds is 8. The van der Waals surface area contributed by atoms with Gasteiger partial charge in [-0.1, -0.05) is 25.1 Å². The average molecular weight is 301 g/mol. The second-order valence-corrected chi connectivity index (χ2v) is 6.28. The van der Waals surface area contributed by atoms with Gasteiger partial charge in [-0.25, -0.2) is 4.98 Å². The molecule has 0 spiro atoms. The molecule has 0 aliphatic rings. The molecule has 1 aromatic heterocycles. The summed E-state index contributed by atoms with van der Waals surface area (Å²) in [7, 11) is 1.72. The molecule has 0 bridgehead atoms. The number of imidazole rings is 1. The molecule has 1 atom stereocenters. The third kappa shape index (κ3) is 4.10. The van der Waals surface area contributed by atoms with Crippen LogP contribution < -0.4 is 10.1 Å². The fraction of sp³-hybridized carbons (Fsp3) is 0.500. The van der Waals surface area contributed by atoms with Crippen LogP contribution >= 0.6 is 0 Å². The maximum absolute atomic E-state index is 5.56. The van der Waals surface area contributed by atoms with Crippen molar-refractivity contribution in [3.05, 3.63) is 48.0 Å². The van der Waals surface area contributed by atoms with E-state index in [1.807, 2.05) is 24.5 Å². The van der Waals surface area contributed by atoms with Gasteiger partial charge in [0.15, 0.2) is 0 Å². The first kappa shape index (κ1) is 16.6. The van der Waals surface area contributed by atoms with Crippen LogP contribution in [0, 0.1) is 0 Å². The third-order valence-electron chi connectivity index (χ3n) is 3.93. The van der Waals surface area contributed by atoms with Crippen LogP contribution in [0.4, 0.5) is 0 Å². The Hall–Kier alpha value is -1.81. The number of ether oxygens (including phenoxy) is 1. The maximum Gasteiger partial charge on any atom is 0.122 e. The van der Waals surface area contributed by atoms with E-state index in [2.05, 4.69) is 48.2 Å². The molecule has 0 saturated carbocycles. The Morgan fingerprint density at radius 1 is 1.32 bits per heavy atom. The first-order valence-corrected chi connectivity index (χ1v) is 7.94. The largest absolute Gasteiger partial charge is 0.496 e. The number of hydrogen-bond donors (Lipinski definition) is 2. The molecule has 0 radical (unpaired) electrons. The van der Waals surface area contributed by atoms with Crippen LogP contribution in [0.3, 0.4) is 0 Å². The molecule has 1 heterocycles. The van der Waals surface area contributed by atoms with Crippen molar-refractivity contribution < 1.29 is 4.74 Å². The van der Waals surface area contributed by atoms with E-state index < -0.39 is 0 Å². The number of methoxy groups -OCH3 is 1. The molecule has 1 unspecified atom stereocenters. The van der Waals surface area contributed by atoms with Crippen LogP contribution in [-0.4, -0.2) is 29.2 Å². The van der Waals surface area contributed by atoms with E-state index in [1.54, 1.807) is 7.11 Å². The second-order valence-electron chi connectivity index (χ2n) is 6.28. The Bertz CT molecular complexity index is 563. The lowest BCUT2D eigenvalue weighted by Gasteiger charge is -2.31.